The van der Waals surface area contributed by atoms with Crippen LogP contribution in [0.5, 0.6) is 0 Å². The molecule has 0 saturated heterocycles. The summed E-state index contributed by atoms with van der Waals surface area (Å²) in [6, 6.07) is 12.9. The van der Waals surface area contributed by atoms with Gasteiger partial charge in [0, 0.05) is 24.2 Å². The Morgan fingerprint density at radius 3 is 2.35 bits per heavy atom. The minimum atomic E-state index is -3.30. The van der Waals surface area contributed by atoms with Crippen LogP contribution in [-0.2, 0) is 21.1 Å². The smallest absolute Gasteiger partial charge is 0.233 e. The molecule has 0 aliphatic heterocycles. The Morgan fingerprint density at radius 1 is 1.10 bits per heavy atom. The Kier molecular flexibility index (Phi) is 8.91. The van der Waals surface area contributed by atoms with Crippen molar-refractivity contribution in [2.24, 2.45) is 0 Å². The van der Waals surface area contributed by atoms with Crippen LogP contribution in [0.3, 0.4) is 0 Å². The van der Waals surface area contributed by atoms with Gasteiger partial charge in [0.25, 0.3) is 0 Å². The summed E-state index contributed by atoms with van der Waals surface area (Å²) in [5.41, 5.74) is 1.64. The molecule has 0 radical (unpaired) electrons. The van der Waals surface area contributed by atoms with Gasteiger partial charge in [-0.15, -0.1) is 24.2 Å². The highest BCUT2D eigenvalue weighted by Gasteiger charge is 2.21. The zero-order valence-corrected chi connectivity index (χ0v) is 21.1. The molecular formula is C21H26ClN3O3S3. The van der Waals surface area contributed by atoms with Crippen molar-refractivity contribution in [1.29, 1.82) is 0 Å². The predicted octanol–water partition coefficient (Wildman–Crippen LogP) is 3.98. The van der Waals surface area contributed by atoms with Gasteiger partial charge in [-0.2, -0.15) is 0 Å². The van der Waals surface area contributed by atoms with Gasteiger partial charge in [0.2, 0.25) is 5.91 Å². The number of nitrogens with zero attached hydrogens (tertiary/aromatic N) is 3. The fourth-order valence-corrected chi connectivity index (χ4v) is 5.06. The van der Waals surface area contributed by atoms with Crippen molar-refractivity contribution in [2.45, 2.75) is 16.2 Å². The van der Waals surface area contributed by atoms with E-state index < -0.39 is 9.84 Å². The number of carbonyl (C=O) groups is 1. The zero-order chi connectivity index (χ0) is 21.9. The van der Waals surface area contributed by atoms with E-state index in [1.807, 2.05) is 49.5 Å². The van der Waals surface area contributed by atoms with E-state index in [4.69, 9.17) is 0 Å². The third-order valence-corrected chi connectivity index (χ3v) is 7.49. The Bertz CT molecular complexity index is 1150. The molecule has 0 aliphatic rings. The molecule has 6 nitrogen and oxygen atoms in total. The van der Waals surface area contributed by atoms with Gasteiger partial charge in [-0.1, -0.05) is 23.5 Å². The van der Waals surface area contributed by atoms with Crippen LogP contribution in [0.25, 0.3) is 10.2 Å². The number of aromatic nitrogens is 1. The molecule has 3 rings (SSSR count). The van der Waals surface area contributed by atoms with Crippen molar-refractivity contribution >= 4 is 66.6 Å². The third kappa shape index (κ3) is 6.66. The van der Waals surface area contributed by atoms with Crippen LogP contribution in [0, 0.1) is 0 Å². The Hall–Kier alpha value is -1.65. The summed E-state index contributed by atoms with van der Waals surface area (Å²) >= 11 is 3.00. The molecule has 1 amide bonds. The number of amides is 1. The highest BCUT2D eigenvalue weighted by atomic mass is 35.5. The van der Waals surface area contributed by atoms with Crippen molar-refractivity contribution in [3.63, 3.8) is 0 Å². The van der Waals surface area contributed by atoms with Crippen molar-refractivity contribution in [1.82, 2.24) is 9.88 Å². The first-order valence-corrected chi connectivity index (χ1v) is 13.3. The second kappa shape index (κ2) is 10.8. The van der Waals surface area contributed by atoms with Crippen molar-refractivity contribution in [3.8, 4) is 0 Å². The Morgan fingerprint density at radius 2 is 1.77 bits per heavy atom. The first kappa shape index (κ1) is 25.6. The lowest BCUT2D eigenvalue weighted by Crippen LogP contribution is -2.37. The minimum absolute atomic E-state index is 0. The summed E-state index contributed by atoms with van der Waals surface area (Å²) in [6.45, 7) is 1.20. The molecule has 0 aliphatic carbocycles. The summed E-state index contributed by atoms with van der Waals surface area (Å²) in [4.78, 5) is 22.9. The molecule has 0 fully saturated rings. The van der Waals surface area contributed by atoms with Crippen LogP contribution < -0.4 is 4.90 Å². The molecule has 0 spiro atoms. The highest BCUT2D eigenvalue weighted by Crippen LogP contribution is 2.31. The van der Waals surface area contributed by atoms with E-state index in [0.29, 0.717) is 23.7 Å². The van der Waals surface area contributed by atoms with E-state index in [1.165, 1.54) is 17.6 Å². The number of hydrogen-bond donors (Lipinski definition) is 0. The van der Waals surface area contributed by atoms with Crippen LogP contribution in [-0.4, -0.2) is 63.9 Å². The Balaban J connectivity index is 0.00000341. The standard InChI is InChI=1S/C21H25N3O3S3.ClH/c1-23(2)11-12-24(20(25)13-15-5-7-16(28-3)8-6-15)21-22-18-10-9-17(30(4,26)27)14-19(18)29-21;/h5-10,14H,11-13H2,1-4H3;1H. The van der Waals surface area contributed by atoms with Crippen LogP contribution >= 0.6 is 35.5 Å². The molecule has 31 heavy (non-hydrogen) atoms. The van der Waals surface area contributed by atoms with Gasteiger partial charge in [0.1, 0.15) is 0 Å². The maximum absolute atomic E-state index is 13.2. The van der Waals surface area contributed by atoms with Gasteiger partial charge < -0.3 is 4.90 Å². The van der Waals surface area contributed by atoms with Gasteiger partial charge in [-0.3, -0.25) is 9.69 Å². The highest BCUT2D eigenvalue weighted by molar-refractivity contribution is 7.98. The number of halogens is 1. The molecule has 0 atom stereocenters. The number of likely N-dealkylation sites (N-methyl/N-ethyl adjacent to an activating group) is 1. The van der Waals surface area contributed by atoms with E-state index in [2.05, 4.69) is 4.98 Å². The van der Waals surface area contributed by atoms with E-state index in [9.17, 15) is 13.2 Å². The number of thioether (sulfide) groups is 1. The largest absolute Gasteiger partial charge is 0.308 e. The van der Waals surface area contributed by atoms with E-state index in [1.54, 1.807) is 34.9 Å². The SMILES string of the molecule is CSc1ccc(CC(=O)N(CCN(C)C)c2nc3ccc(S(C)(=O)=O)cc3s2)cc1.Cl. The monoisotopic (exact) mass is 499 g/mol. The minimum Gasteiger partial charge on any atom is -0.308 e. The van der Waals surface area contributed by atoms with Gasteiger partial charge in [-0.05, 0) is 56.2 Å². The molecule has 0 N–H and O–H groups in total. The third-order valence-electron chi connectivity index (χ3n) is 4.59. The number of sulfone groups is 1. The van der Waals surface area contributed by atoms with E-state index in [-0.39, 0.29) is 29.6 Å². The van der Waals surface area contributed by atoms with Crippen LogP contribution in [0.4, 0.5) is 5.13 Å². The summed E-state index contributed by atoms with van der Waals surface area (Å²) in [7, 11) is 0.618. The number of hydrogen-bond acceptors (Lipinski definition) is 7. The lowest BCUT2D eigenvalue weighted by atomic mass is 10.1. The van der Waals surface area contributed by atoms with E-state index in [0.717, 1.165) is 15.2 Å². The molecule has 10 heteroatoms. The normalized spacial score (nSPS) is 11.5. The number of thiazole rings is 1. The first-order valence-electron chi connectivity index (χ1n) is 9.36. The summed E-state index contributed by atoms with van der Waals surface area (Å²) in [5.74, 6) is -0.0313. The van der Waals surface area contributed by atoms with Crippen LogP contribution in [0.2, 0.25) is 0 Å². The summed E-state index contributed by atoms with van der Waals surface area (Å²) < 4.78 is 24.5. The summed E-state index contributed by atoms with van der Waals surface area (Å²) in [5, 5.41) is 0.586. The average Bonchev–Trinajstić information content (AvgIpc) is 3.10. The van der Waals surface area contributed by atoms with Crippen molar-refractivity contribution in [3.05, 3.63) is 48.0 Å². The van der Waals surface area contributed by atoms with Gasteiger partial charge in [0.15, 0.2) is 15.0 Å². The molecule has 2 aromatic carbocycles. The molecular weight excluding hydrogens is 474 g/mol. The molecule has 1 heterocycles. The number of benzene rings is 2. The second-order valence-corrected chi connectivity index (χ2v) is 11.2. The van der Waals surface area contributed by atoms with Gasteiger partial charge in [0.05, 0.1) is 21.5 Å². The molecule has 0 saturated carbocycles. The molecule has 0 bridgehead atoms. The number of anilines is 1. The fraction of sp³-hybridized carbons (Fsp3) is 0.333. The quantitative estimate of drug-likeness (QED) is 0.436. The van der Waals surface area contributed by atoms with Gasteiger partial charge >= 0.3 is 0 Å². The first-order chi connectivity index (χ1) is 14.2. The Labute approximate surface area is 198 Å². The predicted molar refractivity (Wildman–Crippen MR) is 133 cm³/mol. The molecule has 3 aromatic rings. The summed E-state index contributed by atoms with van der Waals surface area (Å²) in [6.07, 6.45) is 3.49. The molecule has 0 unspecified atom stereocenters. The van der Waals surface area contributed by atoms with E-state index >= 15 is 0 Å². The lowest BCUT2D eigenvalue weighted by molar-refractivity contribution is -0.118. The lowest BCUT2D eigenvalue weighted by Gasteiger charge is -2.22. The number of rotatable bonds is 8. The number of carbonyl (C=O) groups excluding carboxylic acids is 1. The zero-order valence-electron chi connectivity index (χ0n) is 17.9. The average molecular weight is 500 g/mol. The number of fused-ring (bicyclic) bond motifs is 1. The van der Waals surface area contributed by atoms with Crippen LogP contribution in [0.1, 0.15) is 5.56 Å². The van der Waals surface area contributed by atoms with Gasteiger partial charge in [-0.25, -0.2) is 13.4 Å². The topological polar surface area (TPSA) is 70.6 Å². The fourth-order valence-electron chi connectivity index (χ4n) is 2.88. The molecule has 1 aromatic heterocycles. The maximum atomic E-state index is 13.2. The van der Waals surface area contributed by atoms with Crippen LogP contribution in [0.15, 0.2) is 52.3 Å². The maximum Gasteiger partial charge on any atom is 0.233 e. The van der Waals surface area contributed by atoms with Crippen molar-refractivity contribution < 1.29 is 13.2 Å². The second-order valence-electron chi connectivity index (χ2n) is 7.27. The van der Waals surface area contributed by atoms with Crippen molar-refractivity contribution in [2.75, 3.05) is 44.6 Å². The molecule has 168 valence electrons.